The molecule has 1 amide bonds. The van der Waals surface area contributed by atoms with Crippen molar-refractivity contribution < 1.29 is 9.59 Å². The molecule has 5 heteroatoms. The number of para-hydroxylation sites is 1. The molecule has 2 aliphatic rings. The van der Waals surface area contributed by atoms with Crippen molar-refractivity contribution in [1.29, 1.82) is 0 Å². The fourth-order valence-electron chi connectivity index (χ4n) is 4.40. The highest BCUT2D eigenvalue weighted by molar-refractivity contribution is 6.10. The van der Waals surface area contributed by atoms with E-state index >= 15 is 0 Å². The number of amides is 1. The van der Waals surface area contributed by atoms with Crippen LogP contribution in [0.25, 0.3) is 10.9 Å². The Bertz CT molecular complexity index is 798. The number of hydrogen-bond donors (Lipinski definition) is 1. The Morgan fingerprint density at radius 2 is 1.77 bits per heavy atom. The van der Waals surface area contributed by atoms with Gasteiger partial charge in [0.1, 0.15) is 0 Å². The van der Waals surface area contributed by atoms with E-state index in [2.05, 4.69) is 9.88 Å². The standard InChI is InChI=1S/C21H27N3O2/c1-15(20(25)18-14-22-19-7-3-2-6-17(18)19)23-12-8-16(9-13-23)21(26)24-10-4-5-11-24/h2-3,6-7,14-16,22H,4-5,8-13H2,1H3/t15-/m1/s1. The topological polar surface area (TPSA) is 56.4 Å². The fraction of sp³-hybridized carbons (Fsp3) is 0.524. The Hall–Kier alpha value is -2.14. The molecule has 0 saturated carbocycles. The normalized spacial score (nSPS) is 20.6. The lowest BCUT2D eigenvalue weighted by Gasteiger charge is -2.36. The third kappa shape index (κ3) is 3.16. The summed E-state index contributed by atoms with van der Waals surface area (Å²) in [5.74, 6) is 0.629. The molecule has 1 atom stereocenters. The molecule has 0 unspecified atom stereocenters. The van der Waals surface area contributed by atoms with E-state index in [1.165, 1.54) is 0 Å². The lowest BCUT2D eigenvalue weighted by atomic mass is 9.93. The molecule has 2 saturated heterocycles. The number of hydrogen-bond acceptors (Lipinski definition) is 3. The minimum absolute atomic E-state index is 0.139. The molecule has 138 valence electrons. The SMILES string of the molecule is C[C@H](C(=O)c1c[nH]c2ccccc12)N1CCC(C(=O)N2CCCC2)CC1. The maximum Gasteiger partial charge on any atom is 0.225 e. The molecular weight excluding hydrogens is 326 g/mol. The van der Waals surface area contributed by atoms with Gasteiger partial charge in [-0.1, -0.05) is 18.2 Å². The number of H-pyrrole nitrogens is 1. The lowest BCUT2D eigenvalue weighted by molar-refractivity contribution is -0.136. The van der Waals surface area contributed by atoms with Crippen molar-refractivity contribution in [1.82, 2.24) is 14.8 Å². The van der Waals surface area contributed by atoms with Crippen molar-refractivity contribution in [3.8, 4) is 0 Å². The number of Topliss-reactive ketones (excluding diaryl/α,β-unsaturated/α-hetero) is 1. The highest BCUT2D eigenvalue weighted by atomic mass is 16.2. The monoisotopic (exact) mass is 353 g/mol. The van der Waals surface area contributed by atoms with Gasteiger partial charge in [0.05, 0.1) is 6.04 Å². The van der Waals surface area contributed by atoms with Crippen LogP contribution in [-0.2, 0) is 4.79 Å². The number of fused-ring (bicyclic) bond motifs is 1. The highest BCUT2D eigenvalue weighted by Gasteiger charge is 2.33. The average molecular weight is 353 g/mol. The molecule has 2 fully saturated rings. The summed E-state index contributed by atoms with van der Waals surface area (Å²) in [6.45, 7) is 5.48. The van der Waals surface area contributed by atoms with Crippen LogP contribution in [0.1, 0.15) is 43.0 Å². The molecule has 4 rings (SSSR count). The van der Waals surface area contributed by atoms with Crippen LogP contribution < -0.4 is 0 Å². The summed E-state index contributed by atoms with van der Waals surface area (Å²) in [4.78, 5) is 33.0. The van der Waals surface area contributed by atoms with Crippen LogP contribution in [0.15, 0.2) is 30.5 Å². The number of likely N-dealkylation sites (tertiary alicyclic amines) is 2. The summed E-state index contributed by atoms with van der Waals surface area (Å²) in [7, 11) is 0. The van der Waals surface area contributed by atoms with E-state index in [-0.39, 0.29) is 17.7 Å². The number of nitrogens with one attached hydrogen (secondary N) is 1. The Morgan fingerprint density at radius 1 is 1.08 bits per heavy atom. The first kappa shape index (κ1) is 17.3. The summed E-state index contributed by atoms with van der Waals surface area (Å²) in [6, 6.07) is 7.77. The van der Waals surface area contributed by atoms with Gasteiger partial charge < -0.3 is 9.88 Å². The van der Waals surface area contributed by atoms with Crippen molar-refractivity contribution in [2.45, 2.75) is 38.6 Å². The molecule has 1 aromatic carbocycles. The van der Waals surface area contributed by atoms with E-state index in [4.69, 9.17) is 0 Å². The predicted octanol–water partition coefficient (Wildman–Crippen LogP) is 3.07. The number of carbonyl (C=O) groups is 2. The van der Waals surface area contributed by atoms with Crippen LogP contribution in [0.3, 0.4) is 0 Å². The van der Waals surface area contributed by atoms with E-state index < -0.39 is 0 Å². The second-order valence-corrected chi connectivity index (χ2v) is 7.63. The number of ketones is 1. The van der Waals surface area contributed by atoms with Gasteiger partial charge in [-0.25, -0.2) is 0 Å². The summed E-state index contributed by atoms with van der Waals surface area (Å²) in [6.07, 6.45) is 5.83. The Morgan fingerprint density at radius 3 is 2.50 bits per heavy atom. The van der Waals surface area contributed by atoms with Crippen LogP contribution >= 0.6 is 0 Å². The molecule has 5 nitrogen and oxygen atoms in total. The van der Waals surface area contributed by atoms with Gasteiger partial charge in [0.2, 0.25) is 5.91 Å². The van der Waals surface area contributed by atoms with Crippen LogP contribution in [0.4, 0.5) is 0 Å². The second-order valence-electron chi connectivity index (χ2n) is 7.63. The van der Waals surface area contributed by atoms with Crippen LogP contribution in [-0.4, -0.2) is 58.7 Å². The van der Waals surface area contributed by atoms with Gasteiger partial charge in [-0.05, 0) is 51.8 Å². The quantitative estimate of drug-likeness (QED) is 0.860. The zero-order valence-electron chi connectivity index (χ0n) is 15.4. The highest BCUT2D eigenvalue weighted by Crippen LogP contribution is 2.25. The Balaban J connectivity index is 1.39. The summed E-state index contributed by atoms with van der Waals surface area (Å²) in [5, 5.41) is 0.989. The molecule has 1 N–H and O–H groups in total. The number of rotatable bonds is 4. The van der Waals surface area contributed by atoms with E-state index in [1.54, 1.807) is 0 Å². The second kappa shape index (κ2) is 7.23. The summed E-state index contributed by atoms with van der Waals surface area (Å²) in [5.41, 5.74) is 1.77. The molecule has 1 aromatic heterocycles. The predicted molar refractivity (Wildman–Crippen MR) is 102 cm³/mol. The van der Waals surface area contributed by atoms with Gasteiger partial charge >= 0.3 is 0 Å². The Labute approximate surface area is 154 Å². The van der Waals surface area contributed by atoms with Crippen molar-refractivity contribution in [3.63, 3.8) is 0 Å². The van der Waals surface area contributed by atoms with Gasteiger partial charge in [0.25, 0.3) is 0 Å². The van der Waals surface area contributed by atoms with Crippen LogP contribution in [0.5, 0.6) is 0 Å². The number of benzene rings is 1. The summed E-state index contributed by atoms with van der Waals surface area (Å²) < 4.78 is 0. The van der Waals surface area contributed by atoms with E-state index in [0.717, 1.165) is 68.3 Å². The largest absolute Gasteiger partial charge is 0.360 e. The smallest absolute Gasteiger partial charge is 0.225 e. The van der Waals surface area contributed by atoms with Gasteiger partial charge in [0.15, 0.2) is 5.78 Å². The average Bonchev–Trinajstić information content (AvgIpc) is 3.36. The minimum Gasteiger partial charge on any atom is -0.360 e. The van der Waals surface area contributed by atoms with E-state index in [0.29, 0.717) is 5.91 Å². The Kier molecular flexibility index (Phi) is 4.81. The zero-order valence-corrected chi connectivity index (χ0v) is 15.4. The maximum atomic E-state index is 13.0. The van der Waals surface area contributed by atoms with Crippen molar-refractivity contribution in [3.05, 3.63) is 36.0 Å². The summed E-state index contributed by atoms with van der Waals surface area (Å²) >= 11 is 0. The molecule has 0 aliphatic carbocycles. The molecule has 0 radical (unpaired) electrons. The van der Waals surface area contributed by atoms with E-state index in [9.17, 15) is 9.59 Å². The van der Waals surface area contributed by atoms with E-state index in [1.807, 2.05) is 42.3 Å². The van der Waals surface area contributed by atoms with Crippen molar-refractivity contribution >= 4 is 22.6 Å². The third-order valence-electron chi connectivity index (χ3n) is 6.08. The number of carbonyl (C=O) groups excluding carboxylic acids is 2. The zero-order chi connectivity index (χ0) is 18.1. The molecule has 2 aliphatic heterocycles. The number of aromatic amines is 1. The first-order valence-corrected chi connectivity index (χ1v) is 9.78. The number of aromatic nitrogens is 1. The first-order chi connectivity index (χ1) is 12.6. The van der Waals surface area contributed by atoms with Gasteiger partial charge in [-0.15, -0.1) is 0 Å². The number of nitrogens with zero attached hydrogens (tertiary/aromatic N) is 2. The van der Waals surface area contributed by atoms with Gasteiger partial charge in [0, 0.05) is 41.7 Å². The third-order valence-corrected chi connectivity index (χ3v) is 6.08. The molecule has 3 heterocycles. The van der Waals surface area contributed by atoms with Gasteiger partial charge in [-0.3, -0.25) is 14.5 Å². The van der Waals surface area contributed by atoms with Gasteiger partial charge in [-0.2, -0.15) is 0 Å². The fourth-order valence-corrected chi connectivity index (χ4v) is 4.40. The van der Waals surface area contributed by atoms with Crippen molar-refractivity contribution in [2.75, 3.05) is 26.2 Å². The molecule has 0 bridgehead atoms. The molecule has 2 aromatic rings. The number of piperidine rings is 1. The molecule has 26 heavy (non-hydrogen) atoms. The molecule has 0 spiro atoms. The molecular formula is C21H27N3O2. The lowest BCUT2D eigenvalue weighted by Crippen LogP contribution is -2.47. The van der Waals surface area contributed by atoms with Crippen LogP contribution in [0, 0.1) is 5.92 Å². The van der Waals surface area contributed by atoms with Crippen molar-refractivity contribution in [2.24, 2.45) is 5.92 Å². The minimum atomic E-state index is -0.156. The maximum absolute atomic E-state index is 13.0. The first-order valence-electron chi connectivity index (χ1n) is 9.78. The van der Waals surface area contributed by atoms with Crippen LogP contribution in [0.2, 0.25) is 0 Å².